The Morgan fingerprint density at radius 2 is 2.03 bits per heavy atom. The second-order valence-electron chi connectivity index (χ2n) is 7.16. The highest BCUT2D eigenvalue weighted by atomic mass is 19.4. The first-order valence-electron chi connectivity index (χ1n) is 9.29. The van der Waals surface area contributed by atoms with Gasteiger partial charge in [-0.05, 0) is 30.7 Å². The summed E-state index contributed by atoms with van der Waals surface area (Å²) in [6.45, 7) is -0.792. The molecule has 1 aliphatic heterocycles. The van der Waals surface area contributed by atoms with Crippen molar-refractivity contribution in [3.05, 3.63) is 54.4 Å². The minimum absolute atomic E-state index is 0.0114. The molecule has 158 valence electrons. The second kappa shape index (κ2) is 6.86. The summed E-state index contributed by atoms with van der Waals surface area (Å²) in [6.07, 6.45) is -2.22. The highest BCUT2D eigenvalue weighted by molar-refractivity contribution is 5.94. The van der Waals surface area contributed by atoms with Gasteiger partial charge in [-0.3, -0.25) is 9.78 Å². The smallest absolute Gasteiger partial charge is 0.343 e. The van der Waals surface area contributed by atoms with Crippen molar-refractivity contribution in [1.29, 1.82) is 0 Å². The Bertz CT molecular complexity index is 1250. The van der Waals surface area contributed by atoms with Gasteiger partial charge in [0.2, 0.25) is 11.7 Å². The van der Waals surface area contributed by atoms with E-state index in [1.807, 2.05) is 0 Å². The Kier molecular flexibility index (Phi) is 4.24. The number of pyridine rings is 2. The molecule has 1 amide bonds. The minimum atomic E-state index is -4.71. The standard InChI is InChI=1S/C19H14F3N7O2/c20-19(21,22)18(17-27-15(28-31-17)11-3-1-2-7-23-11)6-8-29(9-18)16(30)13-5-4-12-14(26-13)25-10-24-12/h1-5,7,10H,6,8-9H2,(H,24,25,26). The predicted molar refractivity (Wildman–Crippen MR) is 99.7 cm³/mol. The molecule has 0 aliphatic carbocycles. The van der Waals surface area contributed by atoms with Crippen molar-refractivity contribution in [1.82, 2.24) is 35.0 Å². The number of aromatic nitrogens is 6. The van der Waals surface area contributed by atoms with Crippen molar-refractivity contribution in [2.75, 3.05) is 13.1 Å². The molecule has 12 heteroatoms. The number of aromatic amines is 1. The molecule has 4 aromatic rings. The molecular formula is C19H14F3N7O2. The third kappa shape index (κ3) is 3.10. The van der Waals surface area contributed by atoms with Crippen LogP contribution in [-0.4, -0.2) is 60.1 Å². The maximum absolute atomic E-state index is 14.2. The van der Waals surface area contributed by atoms with Gasteiger partial charge in [0.05, 0.1) is 11.8 Å². The number of H-pyrrole nitrogens is 1. The summed E-state index contributed by atoms with van der Waals surface area (Å²) in [7, 11) is 0. The second-order valence-corrected chi connectivity index (χ2v) is 7.16. The molecule has 0 aromatic carbocycles. The van der Waals surface area contributed by atoms with Crippen LogP contribution in [0.25, 0.3) is 22.7 Å². The van der Waals surface area contributed by atoms with Gasteiger partial charge in [-0.25, -0.2) is 9.97 Å². The van der Waals surface area contributed by atoms with E-state index in [9.17, 15) is 18.0 Å². The fraction of sp³-hybridized carbons (Fsp3) is 0.263. The summed E-state index contributed by atoms with van der Waals surface area (Å²) >= 11 is 0. The zero-order valence-electron chi connectivity index (χ0n) is 15.8. The molecule has 4 aromatic heterocycles. The number of fused-ring (bicyclic) bond motifs is 1. The molecule has 0 saturated carbocycles. The van der Waals surface area contributed by atoms with Crippen LogP contribution >= 0.6 is 0 Å². The van der Waals surface area contributed by atoms with Crippen LogP contribution in [0.1, 0.15) is 22.8 Å². The van der Waals surface area contributed by atoms with Crippen LogP contribution in [0.5, 0.6) is 0 Å². The van der Waals surface area contributed by atoms with Gasteiger partial charge in [-0.1, -0.05) is 11.2 Å². The van der Waals surface area contributed by atoms with Crippen LogP contribution in [0.3, 0.4) is 0 Å². The first kappa shape index (κ1) is 19.2. The van der Waals surface area contributed by atoms with Crippen molar-refractivity contribution >= 4 is 17.1 Å². The van der Waals surface area contributed by atoms with E-state index >= 15 is 0 Å². The Morgan fingerprint density at radius 3 is 2.81 bits per heavy atom. The van der Waals surface area contributed by atoms with Gasteiger partial charge in [-0.15, -0.1) is 0 Å². The van der Waals surface area contributed by atoms with Crippen molar-refractivity contribution in [2.45, 2.75) is 18.0 Å². The summed E-state index contributed by atoms with van der Waals surface area (Å²) in [4.78, 5) is 32.9. The lowest BCUT2D eigenvalue weighted by Crippen LogP contribution is -2.46. The predicted octanol–water partition coefficient (Wildman–Crippen LogP) is 2.75. The van der Waals surface area contributed by atoms with Crippen LogP contribution in [0.2, 0.25) is 0 Å². The minimum Gasteiger partial charge on any atom is -0.343 e. The Hall–Kier alpha value is -3.83. The Balaban J connectivity index is 1.46. The highest BCUT2D eigenvalue weighted by Gasteiger charge is 2.63. The fourth-order valence-electron chi connectivity index (χ4n) is 3.63. The molecule has 1 aliphatic rings. The summed E-state index contributed by atoms with van der Waals surface area (Å²) < 4.78 is 47.6. The fourth-order valence-corrected chi connectivity index (χ4v) is 3.63. The van der Waals surface area contributed by atoms with Crippen LogP contribution in [0, 0.1) is 0 Å². The van der Waals surface area contributed by atoms with Crippen LogP contribution < -0.4 is 0 Å². The summed E-state index contributed by atoms with van der Waals surface area (Å²) in [5.74, 6) is -1.26. The lowest BCUT2D eigenvalue weighted by molar-refractivity contribution is -0.193. The molecule has 1 N–H and O–H groups in total. The first-order chi connectivity index (χ1) is 14.9. The molecular weight excluding hydrogens is 415 g/mol. The number of rotatable bonds is 3. The van der Waals surface area contributed by atoms with Gasteiger partial charge < -0.3 is 14.4 Å². The molecule has 0 bridgehead atoms. The molecule has 5 rings (SSSR count). The summed E-state index contributed by atoms with van der Waals surface area (Å²) in [5, 5.41) is 3.67. The van der Waals surface area contributed by atoms with E-state index in [1.165, 1.54) is 18.6 Å². The van der Waals surface area contributed by atoms with E-state index in [4.69, 9.17) is 4.52 Å². The number of alkyl halides is 3. The van der Waals surface area contributed by atoms with E-state index in [0.29, 0.717) is 11.2 Å². The van der Waals surface area contributed by atoms with Gasteiger partial charge in [0.15, 0.2) is 11.1 Å². The summed E-state index contributed by atoms with van der Waals surface area (Å²) in [6, 6.07) is 7.94. The van der Waals surface area contributed by atoms with Gasteiger partial charge >= 0.3 is 6.18 Å². The average Bonchev–Trinajstić information content (AvgIpc) is 3.52. The first-order valence-corrected chi connectivity index (χ1v) is 9.29. The topological polar surface area (TPSA) is 114 Å². The third-order valence-electron chi connectivity index (χ3n) is 5.33. The Labute approximate surface area is 172 Å². The molecule has 1 unspecified atom stereocenters. The van der Waals surface area contributed by atoms with Crippen molar-refractivity contribution in [3.63, 3.8) is 0 Å². The third-order valence-corrected chi connectivity index (χ3v) is 5.33. The van der Waals surface area contributed by atoms with Gasteiger partial charge in [0.25, 0.3) is 5.91 Å². The average molecular weight is 429 g/mol. The van der Waals surface area contributed by atoms with E-state index in [1.54, 1.807) is 24.3 Å². The van der Waals surface area contributed by atoms with Gasteiger partial charge in [0, 0.05) is 19.3 Å². The largest absolute Gasteiger partial charge is 0.405 e. The number of nitrogens with zero attached hydrogens (tertiary/aromatic N) is 6. The Morgan fingerprint density at radius 1 is 1.16 bits per heavy atom. The molecule has 5 heterocycles. The quantitative estimate of drug-likeness (QED) is 0.533. The zero-order chi connectivity index (χ0) is 21.6. The maximum Gasteiger partial charge on any atom is 0.405 e. The van der Waals surface area contributed by atoms with E-state index < -0.39 is 36.4 Å². The molecule has 1 saturated heterocycles. The number of hydrogen-bond acceptors (Lipinski definition) is 7. The van der Waals surface area contributed by atoms with Gasteiger partial charge in [-0.2, -0.15) is 18.2 Å². The molecule has 1 fully saturated rings. The number of halogens is 3. The number of amides is 1. The van der Waals surface area contributed by atoms with Crippen LogP contribution in [0.4, 0.5) is 13.2 Å². The molecule has 9 nitrogen and oxygen atoms in total. The monoisotopic (exact) mass is 429 g/mol. The lowest BCUT2D eigenvalue weighted by atomic mass is 9.86. The molecule has 31 heavy (non-hydrogen) atoms. The molecule has 1 atom stereocenters. The van der Waals surface area contributed by atoms with E-state index in [0.717, 1.165) is 4.90 Å². The number of carbonyl (C=O) groups is 1. The number of likely N-dealkylation sites (tertiary alicyclic amines) is 1. The van der Waals surface area contributed by atoms with E-state index in [-0.39, 0.29) is 23.8 Å². The summed E-state index contributed by atoms with van der Waals surface area (Å²) in [5.41, 5.74) is -1.24. The van der Waals surface area contributed by atoms with Crippen LogP contribution in [0.15, 0.2) is 47.4 Å². The number of imidazole rings is 1. The number of hydrogen-bond donors (Lipinski definition) is 1. The maximum atomic E-state index is 14.2. The lowest BCUT2D eigenvalue weighted by Gasteiger charge is -2.27. The zero-order valence-corrected chi connectivity index (χ0v) is 15.8. The van der Waals surface area contributed by atoms with Crippen molar-refractivity contribution in [3.8, 4) is 11.5 Å². The van der Waals surface area contributed by atoms with Gasteiger partial charge in [0.1, 0.15) is 11.4 Å². The molecule has 0 radical (unpaired) electrons. The van der Waals surface area contributed by atoms with Crippen molar-refractivity contribution in [2.24, 2.45) is 0 Å². The number of carbonyl (C=O) groups excluding carboxylic acids is 1. The van der Waals surface area contributed by atoms with Crippen molar-refractivity contribution < 1.29 is 22.5 Å². The SMILES string of the molecule is O=C(c1ccc2[nH]cnc2n1)N1CCC(c2nc(-c3ccccn3)no2)(C(F)(F)F)C1. The highest BCUT2D eigenvalue weighted by Crippen LogP contribution is 2.47. The van der Waals surface area contributed by atoms with E-state index in [2.05, 4.69) is 30.1 Å². The number of nitrogens with one attached hydrogen (secondary N) is 1. The molecule has 0 spiro atoms. The van der Waals surface area contributed by atoms with Crippen LogP contribution in [-0.2, 0) is 5.41 Å². The normalized spacial score (nSPS) is 19.3.